The zero-order valence-corrected chi connectivity index (χ0v) is 16.8. The van der Waals surface area contributed by atoms with Gasteiger partial charge in [-0.05, 0) is 29.3 Å². The van der Waals surface area contributed by atoms with Gasteiger partial charge < -0.3 is 15.0 Å². The van der Waals surface area contributed by atoms with Crippen LogP contribution in [0.4, 0.5) is 0 Å². The summed E-state index contributed by atoms with van der Waals surface area (Å²) in [6, 6.07) is 9.46. The molecular weight excluding hydrogens is 392 g/mol. The van der Waals surface area contributed by atoms with Crippen molar-refractivity contribution in [2.45, 2.75) is 13.0 Å². The van der Waals surface area contributed by atoms with Gasteiger partial charge in [-0.3, -0.25) is 19.5 Å². The van der Waals surface area contributed by atoms with Crippen molar-refractivity contribution in [1.82, 2.24) is 20.1 Å². The molecule has 3 heterocycles. The zero-order chi connectivity index (χ0) is 20.2. The lowest BCUT2D eigenvalue weighted by Gasteiger charge is -2.34. The van der Waals surface area contributed by atoms with Crippen molar-refractivity contribution in [3.05, 3.63) is 58.4 Å². The third kappa shape index (κ3) is 4.86. The molecule has 8 heteroatoms. The molecule has 0 unspecified atom stereocenters. The number of rotatable bonds is 5. The average Bonchev–Trinajstić information content (AvgIpc) is 3.20. The topological polar surface area (TPSA) is 74.8 Å². The first-order valence-corrected chi connectivity index (χ1v) is 10.1. The molecule has 1 aromatic heterocycles. The highest BCUT2D eigenvalue weighted by atomic mass is 35.5. The number of carbonyl (C=O) groups excluding carboxylic acids is 2. The molecule has 0 bridgehead atoms. The van der Waals surface area contributed by atoms with Crippen molar-refractivity contribution in [3.63, 3.8) is 0 Å². The molecule has 2 aliphatic rings. The van der Waals surface area contributed by atoms with Gasteiger partial charge in [0.05, 0.1) is 13.2 Å². The van der Waals surface area contributed by atoms with Gasteiger partial charge in [0, 0.05) is 50.4 Å². The number of amides is 2. The summed E-state index contributed by atoms with van der Waals surface area (Å²) in [4.78, 5) is 32.6. The maximum Gasteiger partial charge on any atom is 0.270 e. The summed E-state index contributed by atoms with van der Waals surface area (Å²) in [5, 5.41) is 3.06. The quantitative estimate of drug-likeness (QED) is 0.806. The van der Waals surface area contributed by atoms with Crippen LogP contribution < -0.4 is 10.1 Å². The van der Waals surface area contributed by atoms with Crippen LogP contribution in [0.3, 0.4) is 0 Å². The highest BCUT2D eigenvalue weighted by Crippen LogP contribution is 2.26. The molecule has 1 saturated heterocycles. The number of pyridine rings is 1. The first-order valence-electron chi connectivity index (χ1n) is 9.73. The number of hydrogen-bond donors (Lipinski definition) is 1. The van der Waals surface area contributed by atoms with E-state index in [1.165, 1.54) is 23.4 Å². The van der Waals surface area contributed by atoms with Crippen LogP contribution in [0, 0.1) is 0 Å². The monoisotopic (exact) mass is 414 g/mol. The Morgan fingerprint density at radius 2 is 1.97 bits per heavy atom. The summed E-state index contributed by atoms with van der Waals surface area (Å²) < 4.78 is 5.56. The lowest BCUT2D eigenvalue weighted by Crippen LogP contribution is -2.50. The summed E-state index contributed by atoms with van der Waals surface area (Å²) in [5.41, 5.74) is 2.76. The van der Waals surface area contributed by atoms with E-state index in [0.29, 0.717) is 18.1 Å². The average molecular weight is 415 g/mol. The molecule has 152 valence electrons. The number of hydrogen-bond acceptors (Lipinski definition) is 5. The number of carbonyl (C=O) groups is 2. The van der Waals surface area contributed by atoms with E-state index >= 15 is 0 Å². The molecule has 2 aliphatic heterocycles. The van der Waals surface area contributed by atoms with E-state index < -0.39 is 5.91 Å². The van der Waals surface area contributed by atoms with Gasteiger partial charge in [0.1, 0.15) is 11.4 Å². The smallest absolute Gasteiger partial charge is 0.270 e. The highest BCUT2D eigenvalue weighted by molar-refractivity contribution is 6.30. The summed E-state index contributed by atoms with van der Waals surface area (Å²) >= 11 is 5.87. The number of benzene rings is 1. The lowest BCUT2D eigenvalue weighted by atomic mass is 10.1. The third-order valence-corrected chi connectivity index (χ3v) is 5.47. The lowest BCUT2D eigenvalue weighted by molar-refractivity contribution is -0.131. The van der Waals surface area contributed by atoms with Crippen LogP contribution in [0.2, 0.25) is 5.02 Å². The molecule has 7 nitrogen and oxygen atoms in total. The van der Waals surface area contributed by atoms with E-state index in [0.717, 1.165) is 38.4 Å². The SMILES string of the molecule is O=C(NCC(=O)N1CCN(Cc2ccc3c(c2)CCO3)CC1)c1cc(Cl)ccn1. The Hall–Kier alpha value is -2.64. The number of fused-ring (bicyclic) bond motifs is 1. The normalized spacial score (nSPS) is 16.2. The van der Waals surface area contributed by atoms with Crippen molar-refractivity contribution in [1.29, 1.82) is 0 Å². The fourth-order valence-corrected chi connectivity index (χ4v) is 3.80. The molecule has 2 aromatic rings. The Balaban J connectivity index is 1.23. The van der Waals surface area contributed by atoms with Crippen LogP contribution in [-0.4, -0.2) is 65.9 Å². The van der Waals surface area contributed by atoms with Gasteiger partial charge in [0.25, 0.3) is 5.91 Å². The van der Waals surface area contributed by atoms with Crippen LogP contribution in [0.25, 0.3) is 0 Å². The van der Waals surface area contributed by atoms with E-state index in [-0.39, 0.29) is 18.1 Å². The van der Waals surface area contributed by atoms with Crippen molar-refractivity contribution < 1.29 is 14.3 Å². The number of halogens is 1. The van der Waals surface area contributed by atoms with Gasteiger partial charge in [-0.25, -0.2) is 0 Å². The minimum atomic E-state index is -0.403. The van der Waals surface area contributed by atoms with Crippen LogP contribution >= 0.6 is 11.6 Å². The van der Waals surface area contributed by atoms with Crippen LogP contribution in [0.15, 0.2) is 36.5 Å². The van der Waals surface area contributed by atoms with E-state index in [4.69, 9.17) is 16.3 Å². The van der Waals surface area contributed by atoms with Crippen LogP contribution in [0.1, 0.15) is 21.6 Å². The van der Waals surface area contributed by atoms with Crippen LogP contribution in [0.5, 0.6) is 5.75 Å². The molecule has 0 spiro atoms. The summed E-state index contributed by atoms with van der Waals surface area (Å²) in [6.07, 6.45) is 2.44. The second-order valence-corrected chi connectivity index (χ2v) is 7.68. The first-order chi connectivity index (χ1) is 14.1. The van der Waals surface area contributed by atoms with E-state index in [9.17, 15) is 9.59 Å². The Kier molecular flexibility index (Phi) is 5.97. The Morgan fingerprint density at radius 3 is 2.76 bits per heavy atom. The third-order valence-electron chi connectivity index (χ3n) is 5.24. The van der Waals surface area contributed by atoms with Gasteiger partial charge in [0.15, 0.2) is 0 Å². The van der Waals surface area contributed by atoms with Crippen molar-refractivity contribution >= 4 is 23.4 Å². The number of piperazine rings is 1. The first kappa shape index (κ1) is 19.7. The molecule has 0 radical (unpaired) electrons. The molecule has 0 atom stereocenters. The molecule has 0 saturated carbocycles. The molecule has 1 aromatic carbocycles. The van der Waals surface area contributed by atoms with Crippen molar-refractivity contribution in [2.24, 2.45) is 0 Å². The summed E-state index contributed by atoms with van der Waals surface area (Å²) in [7, 11) is 0. The predicted octanol–water partition coefficient (Wildman–Crippen LogP) is 1.74. The summed E-state index contributed by atoms with van der Waals surface area (Å²) in [6.45, 7) is 4.51. The molecular formula is C21H23ClN4O3. The maximum absolute atomic E-state index is 12.4. The van der Waals surface area contributed by atoms with Gasteiger partial charge in [-0.1, -0.05) is 23.7 Å². The Morgan fingerprint density at radius 1 is 1.14 bits per heavy atom. The Bertz CT molecular complexity index is 913. The highest BCUT2D eigenvalue weighted by Gasteiger charge is 2.22. The number of nitrogens with one attached hydrogen (secondary N) is 1. The molecule has 2 amide bonds. The number of ether oxygens (including phenoxy) is 1. The standard InChI is InChI=1S/C21H23ClN4O3/c22-17-3-5-23-18(12-17)21(28)24-13-20(27)26-8-6-25(7-9-26)14-15-1-2-19-16(11-15)4-10-29-19/h1-3,5,11-12H,4,6-10,13-14H2,(H,24,28). The van der Waals surface area contributed by atoms with E-state index in [1.54, 1.807) is 11.0 Å². The van der Waals surface area contributed by atoms with E-state index in [2.05, 4.69) is 33.4 Å². The minimum absolute atomic E-state index is 0.0438. The van der Waals surface area contributed by atoms with Gasteiger partial charge in [-0.2, -0.15) is 0 Å². The largest absolute Gasteiger partial charge is 0.493 e. The minimum Gasteiger partial charge on any atom is -0.493 e. The summed E-state index contributed by atoms with van der Waals surface area (Å²) in [5.74, 6) is 0.508. The van der Waals surface area contributed by atoms with Gasteiger partial charge in [-0.15, -0.1) is 0 Å². The second kappa shape index (κ2) is 8.80. The fourth-order valence-electron chi connectivity index (χ4n) is 3.64. The number of aromatic nitrogens is 1. The zero-order valence-electron chi connectivity index (χ0n) is 16.1. The Labute approximate surface area is 174 Å². The van der Waals surface area contributed by atoms with Crippen molar-refractivity contribution in [3.8, 4) is 5.75 Å². The molecule has 4 rings (SSSR count). The molecule has 1 N–H and O–H groups in total. The molecule has 29 heavy (non-hydrogen) atoms. The van der Waals surface area contributed by atoms with Crippen molar-refractivity contribution in [2.75, 3.05) is 39.3 Å². The second-order valence-electron chi connectivity index (χ2n) is 7.24. The maximum atomic E-state index is 12.4. The van der Waals surface area contributed by atoms with Gasteiger partial charge >= 0.3 is 0 Å². The van der Waals surface area contributed by atoms with E-state index in [1.807, 2.05) is 0 Å². The van der Waals surface area contributed by atoms with Crippen LogP contribution in [-0.2, 0) is 17.8 Å². The molecule has 0 aliphatic carbocycles. The number of nitrogens with zero attached hydrogens (tertiary/aromatic N) is 3. The van der Waals surface area contributed by atoms with Gasteiger partial charge in [0.2, 0.25) is 5.91 Å². The molecule has 1 fully saturated rings. The fraction of sp³-hybridized carbons (Fsp3) is 0.381. The predicted molar refractivity (Wildman–Crippen MR) is 109 cm³/mol.